The minimum atomic E-state index is -0.372. The first-order valence-corrected chi connectivity index (χ1v) is 9.08. The number of hydrogen-bond donors (Lipinski definition) is 0. The van der Waals surface area contributed by atoms with E-state index in [2.05, 4.69) is 20.9 Å². The van der Waals surface area contributed by atoms with Crippen molar-refractivity contribution >= 4 is 27.5 Å². The highest BCUT2D eigenvalue weighted by molar-refractivity contribution is 9.10. The second-order valence-corrected chi connectivity index (χ2v) is 7.02. The first-order valence-electron chi connectivity index (χ1n) is 8.29. The molecule has 0 N–H and O–H groups in total. The number of carbonyl (C=O) groups is 1. The van der Waals surface area contributed by atoms with E-state index in [4.69, 9.17) is 4.74 Å². The summed E-state index contributed by atoms with van der Waals surface area (Å²) in [6.07, 6.45) is 0.190. The fourth-order valence-electron chi connectivity index (χ4n) is 2.80. The van der Waals surface area contributed by atoms with Crippen molar-refractivity contribution < 1.29 is 13.9 Å². The molecule has 1 fully saturated rings. The molecule has 0 spiro atoms. The maximum atomic E-state index is 13.3. The molecule has 8 heteroatoms. The van der Waals surface area contributed by atoms with Crippen LogP contribution in [0.15, 0.2) is 33.5 Å². The maximum Gasteiger partial charge on any atom is 0.255 e. The molecular formula is C18H19BrFN3O3. The molecule has 3 rings (SSSR count). The minimum absolute atomic E-state index is 0.0406. The highest BCUT2D eigenvalue weighted by Gasteiger charge is 2.17. The first-order chi connectivity index (χ1) is 12.4. The molecule has 1 aromatic heterocycles. The van der Waals surface area contributed by atoms with Crippen molar-refractivity contribution in [2.45, 2.75) is 12.8 Å². The van der Waals surface area contributed by atoms with Gasteiger partial charge in [-0.05, 0) is 33.6 Å². The van der Waals surface area contributed by atoms with Crippen LogP contribution in [0.1, 0.15) is 11.4 Å². The summed E-state index contributed by atoms with van der Waals surface area (Å²) < 4.78 is 20.3. The van der Waals surface area contributed by atoms with E-state index < -0.39 is 0 Å². The van der Waals surface area contributed by atoms with Crippen LogP contribution < -0.4 is 10.5 Å². The molecule has 1 aromatic carbocycles. The minimum Gasteiger partial charge on any atom is -0.378 e. The Morgan fingerprint density at radius 1 is 1.27 bits per heavy atom. The van der Waals surface area contributed by atoms with Gasteiger partial charge in [0, 0.05) is 32.6 Å². The fraction of sp³-hybridized carbons (Fsp3) is 0.389. The van der Waals surface area contributed by atoms with Crippen molar-refractivity contribution in [3.05, 3.63) is 56.3 Å². The normalized spacial score (nSPS) is 14.5. The number of rotatable bonds is 5. The molecule has 2 aromatic rings. The Hall–Kier alpha value is -2.06. The molecule has 6 nitrogen and oxygen atoms in total. The number of halogens is 2. The van der Waals surface area contributed by atoms with Gasteiger partial charge >= 0.3 is 0 Å². The quantitative estimate of drug-likeness (QED) is 0.734. The Labute approximate surface area is 158 Å². The average Bonchev–Trinajstić information content (AvgIpc) is 2.62. The molecule has 26 heavy (non-hydrogen) atoms. The van der Waals surface area contributed by atoms with Gasteiger partial charge < -0.3 is 9.64 Å². The van der Waals surface area contributed by atoms with Crippen LogP contribution in [-0.4, -0.2) is 41.6 Å². The summed E-state index contributed by atoms with van der Waals surface area (Å²) in [7, 11) is 1.61. The SMILES string of the molecule is Cn1c(CC(=O)Cc2ccc(F)c(Br)c2)nc(N2CCOCC2)cc1=O. The third kappa shape index (κ3) is 4.37. The van der Waals surface area contributed by atoms with Gasteiger partial charge in [-0.15, -0.1) is 0 Å². The van der Waals surface area contributed by atoms with Gasteiger partial charge in [-0.25, -0.2) is 9.37 Å². The number of aromatic nitrogens is 2. The smallest absolute Gasteiger partial charge is 0.255 e. The average molecular weight is 424 g/mol. The Morgan fingerprint density at radius 2 is 2.00 bits per heavy atom. The van der Waals surface area contributed by atoms with E-state index in [1.54, 1.807) is 19.2 Å². The predicted molar refractivity (Wildman–Crippen MR) is 99.0 cm³/mol. The molecule has 1 saturated heterocycles. The van der Waals surface area contributed by atoms with Gasteiger partial charge in [0.2, 0.25) is 0 Å². The van der Waals surface area contributed by atoms with Crippen molar-refractivity contribution in [2.24, 2.45) is 7.05 Å². The van der Waals surface area contributed by atoms with Crippen LogP contribution >= 0.6 is 15.9 Å². The summed E-state index contributed by atoms with van der Waals surface area (Å²) in [5.41, 5.74) is 0.506. The zero-order chi connectivity index (χ0) is 18.7. The third-order valence-corrected chi connectivity index (χ3v) is 4.90. The van der Waals surface area contributed by atoms with Crippen molar-refractivity contribution in [3.8, 4) is 0 Å². The zero-order valence-corrected chi connectivity index (χ0v) is 16.0. The summed E-state index contributed by atoms with van der Waals surface area (Å²) in [4.78, 5) is 31.2. The number of hydrogen-bond acceptors (Lipinski definition) is 5. The van der Waals surface area contributed by atoms with Crippen LogP contribution in [0.2, 0.25) is 0 Å². The number of anilines is 1. The third-order valence-electron chi connectivity index (χ3n) is 4.29. The molecule has 0 bridgehead atoms. The number of morpholine rings is 1. The van der Waals surface area contributed by atoms with Crippen molar-refractivity contribution in [1.29, 1.82) is 0 Å². The van der Waals surface area contributed by atoms with E-state index in [0.717, 1.165) is 0 Å². The number of nitrogens with zero attached hydrogens (tertiary/aromatic N) is 3. The lowest BCUT2D eigenvalue weighted by molar-refractivity contribution is -0.117. The summed E-state index contributed by atoms with van der Waals surface area (Å²) in [5.74, 6) is 0.530. The van der Waals surface area contributed by atoms with Gasteiger partial charge in [-0.3, -0.25) is 14.2 Å². The van der Waals surface area contributed by atoms with E-state index in [0.29, 0.717) is 48.0 Å². The van der Waals surface area contributed by atoms with E-state index in [9.17, 15) is 14.0 Å². The number of benzene rings is 1. The second kappa shape index (κ2) is 8.09. The molecule has 0 unspecified atom stereocenters. The van der Waals surface area contributed by atoms with Crippen LogP contribution in [0.25, 0.3) is 0 Å². The monoisotopic (exact) mass is 423 g/mol. The number of ketones is 1. The van der Waals surface area contributed by atoms with Crippen molar-refractivity contribution in [2.75, 3.05) is 31.2 Å². The molecule has 0 atom stereocenters. The molecule has 1 aliphatic heterocycles. The van der Waals surface area contributed by atoms with Crippen LogP contribution in [0.3, 0.4) is 0 Å². The van der Waals surface area contributed by atoms with E-state index >= 15 is 0 Å². The van der Waals surface area contributed by atoms with Crippen LogP contribution in [-0.2, 0) is 29.4 Å². The van der Waals surface area contributed by atoms with Crippen LogP contribution in [0.4, 0.5) is 10.2 Å². The Morgan fingerprint density at radius 3 is 2.69 bits per heavy atom. The lowest BCUT2D eigenvalue weighted by atomic mass is 10.1. The van der Waals surface area contributed by atoms with E-state index in [1.165, 1.54) is 16.7 Å². The Balaban J connectivity index is 1.77. The molecule has 0 aliphatic carbocycles. The Bertz CT molecular complexity index is 878. The second-order valence-electron chi connectivity index (χ2n) is 6.17. The summed E-state index contributed by atoms with van der Waals surface area (Å²) >= 11 is 3.12. The van der Waals surface area contributed by atoms with E-state index in [1.807, 2.05) is 4.90 Å². The molecule has 0 amide bonds. The topological polar surface area (TPSA) is 64.4 Å². The fourth-order valence-corrected chi connectivity index (χ4v) is 3.23. The lowest BCUT2D eigenvalue weighted by Crippen LogP contribution is -2.38. The van der Waals surface area contributed by atoms with Gasteiger partial charge in [0.15, 0.2) is 0 Å². The van der Waals surface area contributed by atoms with Crippen LogP contribution in [0, 0.1) is 5.82 Å². The molecule has 0 radical (unpaired) electrons. The standard InChI is InChI=1S/C18H19BrFN3O3/c1-22-16(10-13(24)8-12-2-3-15(20)14(19)9-12)21-17(11-18(22)25)23-4-6-26-7-5-23/h2-3,9,11H,4-8,10H2,1H3. The summed E-state index contributed by atoms with van der Waals surface area (Å²) in [6, 6.07) is 5.97. The van der Waals surface area contributed by atoms with Gasteiger partial charge in [0.05, 0.1) is 24.1 Å². The zero-order valence-electron chi connectivity index (χ0n) is 14.4. The number of carbonyl (C=O) groups excluding carboxylic acids is 1. The van der Waals surface area contributed by atoms with E-state index in [-0.39, 0.29) is 30.0 Å². The highest BCUT2D eigenvalue weighted by atomic mass is 79.9. The number of Topliss-reactive ketones (excluding diaryl/α,β-unsaturated/α-hetero) is 1. The molecule has 1 aliphatic rings. The summed E-state index contributed by atoms with van der Waals surface area (Å²) in [6.45, 7) is 2.50. The highest BCUT2D eigenvalue weighted by Crippen LogP contribution is 2.18. The largest absolute Gasteiger partial charge is 0.378 e. The maximum absolute atomic E-state index is 13.3. The van der Waals surface area contributed by atoms with Crippen molar-refractivity contribution in [3.63, 3.8) is 0 Å². The predicted octanol–water partition coefficient (Wildman–Crippen LogP) is 1.87. The lowest BCUT2D eigenvalue weighted by Gasteiger charge is -2.28. The van der Waals surface area contributed by atoms with Crippen molar-refractivity contribution in [1.82, 2.24) is 9.55 Å². The summed E-state index contributed by atoms with van der Waals surface area (Å²) in [5, 5.41) is 0. The molecule has 2 heterocycles. The Kier molecular flexibility index (Phi) is 5.83. The molecule has 0 saturated carbocycles. The van der Waals surface area contributed by atoms with Crippen LogP contribution in [0.5, 0.6) is 0 Å². The molecular weight excluding hydrogens is 405 g/mol. The van der Waals surface area contributed by atoms with Gasteiger partial charge in [-0.2, -0.15) is 0 Å². The van der Waals surface area contributed by atoms with Gasteiger partial charge in [-0.1, -0.05) is 6.07 Å². The first kappa shape index (κ1) is 18.7. The number of ether oxygens (including phenoxy) is 1. The molecule has 138 valence electrons. The van der Waals surface area contributed by atoms with Gasteiger partial charge in [0.25, 0.3) is 5.56 Å². The van der Waals surface area contributed by atoms with Gasteiger partial charge in [0.1, 0.15) is 23.2 Å².